The first kappa shape index (κ1) is 16.4. The van der Waals surface area contributed by atoms with Crippen molar-refractivity contribution in [3.05, 3.63) is 16.8 Å². The van der Waals surface area contributed by atoms with E-state index in [0.29, 0.717) is 23.4 Å². The molecule has 0 aliphatic carbocycles. The van der Waals surface area contributed by atoms with E-state index in [9.17, 15) is 15.2 Å². The summed E-state index contributed by atoms with van der Waals surface area (Å²) < 4.78 is 0. The molecule has 20 heavy (non-hydrogen) atoms. The Balaban J connectivity index is 3.26. The Labute approximate surface area is 123 Å². The normalized spacial score (nSPS) is 12.2. The molecule has 1 aromatic heterocycles. The summed E-state index contributed by atoms with van der Waals surface area (Å²) in [5, 5.41) is 26.6. The van der Waals surface area contributed by atoms with E-state index < -0.39 is 11.2 Å². The van der Waals surface area contributed by atoms with Gasteiger partial charge in [-0.05, 0) is 24.3 Å². The van der Waals surface area contributed by atoms with Crippen LogP contribution in [0.2, 0.25) is 0 Å². The average Bonchev–Trinajstić information content (AvgIpc) is 2.42. The summed E-state index contributed by atoms with van der Waals surface area (Å²) in [6.07, 6.45) is 1.40. The van der Waals surface area contributed by atoms with Crippen LogP contribution in [0, 0.1) is 17.2 Å². The Bertz CT molecular complexity index is 538. The van der Waals surface area contributed by atoms with Crippen LogP contribution in [0.25, 0.3) is 0 Å². The molecule has 5 nitrogen and oxygen atoms in total. The van der Waals surface area contributed by atoms with Crippen LogP contribution in [0.3, 0.4) is 0 Å². The SMILES string of the molecule is CCc1nnc(SC(C(=O)O)C(C)C)c(C#N)c1CC. The summed E-state index contributed by atoms with van der Waals surface area (Å²) in [7, 11) is 0. The Morgan fingerprint density at radius 2 is 2.00 bits per heavy atom. The van der Waals surface area contributed by atoms with Gasteiger partial charge in [0.15, 0.2) is 0 Å². The molecule has 0 fully saturated rings. The number of aliphatic carboxylic acids is 1. The summed E-state index contributed by atoms with van der Waals surface area (Å²) in [4.78, 5) is 11.3. The van der Waals surface area contributed by atoms with Crippen LogP contribution in [0.15, 0.2) is 5.03 Å². The molecule has 0 saturated heterocycles. The minimum Gasteiger partial charge on any atom is -0.480 e. The molecule has 0 radical (unpaired) electrons. The fourth-order valence-corrected chi connectivity index (χ4v) is 2.93. The molecule has 1 heterocycles. The minimum absolute atomic E-state index is 0.0539. The largest absolute Gasteiger partial charge is 0.480 e. The molecule has 1 unspecified atom stereocenters. The van der Waals surface area contributed by atoms with E-state index in [1.165, 1.54) is 0 Å². The minimum atomic E-state index is -0.895. The highest BCUT2D eigenvalue weighted by Crippen LogP contribution is 2.31. The summed E-state index contributed by atoms with van der Waals surface area (Å²) in [5.74, 6) is -0.949. The molecule has 0 aromatic carbocycles. The van der Waals surface area contributed by atoms with Crippen LogP contribution in [0.4, 0.5) is 0 Å². The molecular weight excluding hydrogens is 274 g/mol. The maximum Gasteiger partial charge on any atom is 0.317 e. The standard InChI is InChI=1S/C14H19N3O2S/c1-5-9-10(7-15)13(17-16-11(9)6-2)20-12(8(3)4)14(18)19/h8,12H,5-6H2,1-4H3,(H,18,19). The first-order valence-corrected chi connectivity index (χ1v) is 7.52. The van der Waals surface area contributed by atoms with Gasteiger partial charge in [0, 0.05) is 0 Å². The predicted molar refractivity (Wildman–Crippen MR) is 77.6 cm³/mol. The molecule has 0 aliphatic heterocycles. The summed E-state index contributed by atoms with van der Waals surface area (Å²) >= 11 is 1.11. The smallest absolute Gasteiger partial charge is 0.317 e. The van der Waals surface area contributed by atoms with E-state index in [1.807, 2.05) is 27.7 Å². The highest BCUT2D eigenvalue weighted by Gasteiger charge is 2.26. The third-order valence-corrected chi connectivity index (χ3v) is 4.52. The van der Waals surface area contributed by atoms with Crippen molar-refractivity contribution in [2.24, 2.45) is 5.92 Å². The van der Waals surface area contributed by atoms with Crippen LogP contribution in [-0.2, 0) is 17.6 Å². The zero-order valence-corrected chi connectivity index (χ0v) is 13.0. The Morgan fingerprint density at radius 1 is 1.35 bits per heavy atom. The van der Waals surface area contributed by atoms with E-state index in [1.54, 1.807) is 0 Å². The lowest BCUT2D eigenvalue weighted by Crippen LogP contribution is -2.23. The third kappa shape index (κ3) is 3.48. The maximum absolute atomic E-state index is 11.3. The average molecular weight is 293 g/mol. The highest BCUT2D eigenvalue weighted by atomic mass is 32.2. The number of hydrogen-bond acceptors (Lipinski definition) is 5. The van der Waals surface area contributed by atoms with Gasteiger partial charge < -0.3 is 5.11 Å². The molecule has 1 atom stereocenters. The zero-order valence-electron chi connectivity index (χ0n) is 12.2. The van der Waals surface area contributed by atoms with E-state index >= 15 is 0 Å². The molecule has 1 rings (SSSR count). The highest BCUT2D eigenvalue weighted by molar-refractivity contribution is 8.00. The molecule has 1 N–H and O–H groups in total. The van der Waals surface area contributed by atoms with Gasteiger partial charge in [-0.25, -0.2) is 0 Å². The Kier molecular flexibility index (Phi) is 5.96. The summed E-state index contributed by atoms with van der Waals surface area (Å²) in [6.45, 7) is 7.60. The fraction of sp³-hybridized carbons (Fsp3) is 0.571. The lowest BCUT2D eigenvalue weighted by molar-refractivity contribution is -0.137. The lowest BCUT2D eigenvalue weighted by atomic mass is 10.1. The number of aromatic nitrogens is 2. The number of thioether (sulfide) groups is 1. The summed E-state index contributed by atoms with van der Waals surface area (Å²) in [6, 6.07) is 2.16. The molecule has 0 saturated carbocycles. The van der Waals surface area contributed by atoms with Crippen molar-refractivity contribution >= 4 is 17.7 Å². The van der Waals surface area contributed by atoms with E-state index in [-0.39, 0.29) is 5.92 Å². The molecule has 0 amide bonds. The van der Waals surface area contributed by atoms with Crippen LogP contribution < -0.4 is 0 Å². The molecular formula is C14H19N3O2S. The van der Waals surface area contributed by atoms with Gasteiger partial charge in [0.1, 0.15) is 16.3 Å². The molecule has 1 aromatic rings. The van der Waals surface area contributed by atoms with E-state index in [2.05, 4.69) is 16.3 Å². The van der Waals surface area contributed by atoms with Crippen molar-refractivity contribution in [3.63, 3.8) is 0 Å². The number of nitrogens with zero attached hydrogens (tertiary/aromatic N) is 3. The van der Waals surface area contributed by atoms with E-state index in [0.717, 1.165) is 23.0 Å². The van der Waals surface area contributed by atoms with Crippen molar-refractivity contribution in [1.82, 2.24) is 10.2 Å². The van der Waals surface area contributed by atoms with Crippen LogP contribution >= 0.6 is 11.8 Å². The van der Waals surface area contributed by atoms with Crippen LogP contribution in [-0.4, -0.2) is 26.5 Å². The molecule has 0 spiro atoms. The molecule has 108 valence electrons. The van der Waals surface area contributed by atoms with Gasteiger partial charge in [-0.2, -0.15) is 10.4 Å². The van der Waals surface area contributed by atoms with Crippen LogP contribution in [0.5, 0.6) is 0 Å². The quantitative estimate of drug-likeness (QED) is 0.811. The second-order valence-electron chi connectivity index (χ2n) is 4.75. The number of carbonyl (C=O) groups is 1. The number of carboxylic acids is 1. The number of rotatable bonds is 6. The van der Waals surface area contributed by atoms with Crippen LogP contribution in [0.1, 0.15) is 44.5 Å². The lowest BCUT2D eigenvalue weighted by Gasteiger charge is -2.16. The van der Waals surface area contributed by atoms with Gasteiger partial charge in [-0.1, -0.05) is 39.5 Å². The van der Waals surface area contributed by atoms with Gasteiger partial charge >= 0.3 is 5.97 Å². The van der Waals surface area contributed by atoms with Gasteiger partial charge in [0.05, 0.1) is 11.3 Å². The topological polar surface area (TPSA) is 86.9 Å². The number of aryl methyl sites for hydroxylation is 1. The Hall–Kier alpha value is -1.61. The van der Waals surface area contributed by atoms with Crippen molar-refractivity contribution in [3.8, 4) is 6.07 Å². The zero-order chi connectivity index (χ0) is 15.3. The van der Waals surface area contributed by atoms with Crippen molar-refractivity contribution in [1.29, 1.82) is 5.26 Å². The number of hydrogen-bond donors (Lipinski definition) is 1. The van der Waals surface area contributed by atoms with Gasteiger partial charge in [-0.15, -0.1) is 5.10 Å². The molecule has 6 heteroatoms. The molecule has 0 bridgehead atoms. The first-order chi connectivity index (χ1) is 9.46. The van der Waals surface area contributed by atoms with Crippen molar-refractivity contribution in [2.45, 2.75) is 50.8 Å². The molecule has 0 aliphatic rings. The third-order valence-electron chi connectivity index (χ3n) is 3.01. The second kappa shape index (κ2) is 7.25. The van der Waals surface area contributed by atoms with Crippen molar-refractivity contribution < 1.29 is 9.90 Å². The number of carboxylic acid groups (broad SMARTS) is 1. The fourth-order valence-electron chi connectivity index (χ4n) is 1.94. The number of nitriles is 1. The monoisotopic (exact) mass is 293 g/mol. The Morgan fingerprint density at radius 3 is 2.40 bits per heavy atom. The van der Waals surface area contributed by atoms with Gasteiger partial charge in [0.25, 0.3) is 0 Å². The second-order valence-corrected chi connectivity index (χ2v) is 5.88. The first-order valence-electron chi connectivity index (χ1n) is 6.64. The summed E-state index contributed by atoms with van der Waals surface area (Å²) in [5.41, 5.74) is 2.15. The van der Waals surface area contributed by atoms with Crippen molar-refractivity contribution in [2.75, 3.05) is 0 Å². The predicted octanol–water partition coefficient (Wildman–Crippen LogP) is 2.67. The van der Waals surface area contributed by atoms with Gasteiger partial charge in [0.2, 0.25) is 0 Å². The maximum atomic E-state index is 11.3. The van der Waals surface area contributed by atoms with Gasteiger partial charge in [-0.3, -0.25) is 4.79 Å². The van der Waals surface area contributed by atoms with E-state index in [4.69, 9.17) is 0 Å².